The van der Waals surface area contributed by atoms with Gasteiger partial charge in [-0.25, -0.2) is 0 Å². The molecule has 1 unspecified atom stereocenters. The van der Waals surface area contributed by atoms with Crippen molar-refractivity contribution in [2.75, 3.05) is 0 Å². The van der Waals surface area contributed by atoms with Gasteiger partial charge in [0.05, 0.1) is 0 Å². The fourth-order valence-electron chi connectivity index (χ4n) is 1.83. The number of hydrogen-bond donors (Lipinski definition) is 1. The topological polar surface area (TPSA) is 21.3 Å². The third kappa shape index (κ3) is 3.97. The predicted molar refractivity (Wildman–Crippen MR) is 62.1 cm³/mol. The largest absolute Gasteiger partial charge is 0.435 e. The summed E-state index contributed by atoms with van der Waals surface area (Å²) in [5.41, 5.74) is 1.08. The van der Waals surface area contributed by atoms with Crippen molar-refractivity contribution in [3.8, 4) is 5.75 Å². The summed E-state index contributed by atoms with van der Waals surface area (Å²) >= 11 is 0. The molecule has 1 aromatic rings. The van der Waals surface area contributed by atoms with Gasteiger partial charge in [0, 0.05) is 12.6 Å². The zero-order valence-electron chi connectivity index (χ0n) is 9.83. The van der Waals surface area contributed by atoms with Crippen molar-refractivity contribution in [3.63, 3.8) is 0 Å². The molecule has 1 aliphatic rings. The van der Waals surface area contributed by atoms with E-state index in [4.69, 9.17) is 0 Å². The van der Waals surface area contributed by atoms with Crippen molar-refractivity contribution < 1.29 is 13.5 Å². The van der Waals surface area contributed by atoms with Crippen LogP contribution in [0.5, 0.6) is 5.75 Å². The van der Waals surface area contributed by atoms with Gasteiger partial charge in [0.25, 0.3) is 0 Å². The van der Waals surface area contributed by atoms with Crippen LogP contribution in [-0.4, -0.2) is 12.7 Å². The Hall–Kier alpha value is -1.16. The lowest BCUT2D eigenvalue weighted by molar-refractivity contribution is -0.0498. The van der Waals surface area contributed by atoms with Gasteiger partial charge in [-0.15, -0.1) is 0 Å². The van der Waals surface area contributed by atoms with Gasteiger partial charge in [-0.05, 0) is 43.4 Å². The summed E-state index contributed by atoms with van der Waals surface area (Å²) in [6, 6.07) is 7.30. The van der Waals surface area contributed by atoms with Gasteiger partial charge in [0.2, 0.25) is 0 Å². The Labute approximate surface area is 100.0 Å². The minimum absolute atomic E-state index is 0.207. The Morgan fingerprint density at radius 3 is 2.47 bits per heavy atom. The maximum Gasteiger partial charge on any atom is 0.387 e. The molecule has 0 amide bonds. The van der Waals surface area contributed by atoms with Crippen LogP contribution in [0.3, 0.4) is 0 Å². The second-order valence-corrected chi connectivity index (χ2v) is 4.53. The van der Waals surface area contributed by atoms with Gasteiger partial charge in [-0.3, -0.25) is 0 Å². The van der Waals surface area contributed by atoms with Gasteiger partial charge in [-0.1, -0.05) is 12.1 Å². The fourth-order valence-corrected chi connectivity index (χ4v) is 1.83. The van der Waals surface area contributed by atoms with Crippen molar-refractivity contribution in [1.29, 1.82) is 0 Å². The molecule has 0 aromatic heterocycles. The molecule has 94 valence electrons. The van der Waals surface area contributed by atoms with Crippen molar-refractivity contribution in [2.45, 2.75) is 39.0 Å². The number of rotatable bonds is 6. The van der Waals surface area contributed by atoms with Gasteiger partial charge >= 0.3 is 6.61 Å². The van der Waals surface area contributed by atoms with Crippen LogP contribution in [0, 0.1) is 5.92 Å². The number of benzene rings is 1. The molecule has 17 heavy (non-hydrogen) atoms. The Bertz CT molecular complexity index is 349. The van der Waals surface area contributed by atoms with Crippen molar-refractivity contribution in [2.24, 2.45) is 5.92 Å². The van der Waals surface area contributed by atoms with E-state index >= 15 is 0 Å². The molecule has 1 fully saturated rings. The molecule has 2 nitrogen and oxygen atoms in total. The fraction of sp³-hybridized carbons (Fsp3) is 0.538. The molecule has 0 bridgehead atoms. The van der Waals surface area contributed by atoms with Crippen molar-refractivity contribution in [3.05, 3.63) is 29.8 Å². The molecule has 0 aliphatic heterocycles. The SMILES string of the molecule is CC(NCc1ccc(OC(F)F)cc1)C1CC1. The Morgan fingerprint density at radius 1 is 1.29 bits per heavy atom. The molecule has 0 spiro atoms. The highest BCUT2D eigenvalue weighted by Crippen LogP contribution is 2.32. The summed E-state index contributed by atoms with van der Waals surface area (Å²) < 4.78 is 28.2. The Kier molecular flexibility index (Phi) is 3.94. The summed E-state index contributed by atoms with van der Waals surface area (Å²) in [6.07, 6.45) is 2.63. The van der Waals surface area contributed by atoms with Gasteiger partial charge in [0.15, 0.2) is 0 Å². The van der Waals surface area contributed by atoms with E-state index in [0.717, 1.165) is 18.0 Å². The van der Waals surface area contributed by atoms with Gasteiger partial charge < -0.3 is 10.1 Å². The lowest BCUT2D eigenvalue weighted by atomic mass is 10.2. The van der Waals surface area contributed by atoms with Crippen LogP contribution in [0.25, 0.3) is 0 Å². The molecule has 0 radical (unpaired) electrons. The first kappa shape index (κ1) is 12.3. The lowest BCUT2D eigenvalue weighted by Crippen LogP contribution is -2.27. The monoisotopic (exact) mass is 241 g/mol. The highest BCUT2D eigenvalue weighted by molar-refractivity contribution is 5.27. The first-order valence-corrected chi connectivity index (χ1v) is 5.92. The molecule has 4 heteroatoms. The molecule has 1 aromatic carbocycles. The minimum Gasteiger partial charge on any atom is -0.435 e. The lowest BCUT2D eigenvalue weighted by Gasteiger charge is -2.12. The zero-order chi connectivity index (χ0) is 12.3. The van der Waals surface area contributed by atoms with Crippen LogP contribution in [-0.2, 0) is 6.54 Å². The molecule has 1 aliphatic carbocycles. The van der Waals surface area contributed by atoms with E-state index in [0.29, 0.717) is 6.04 Å². The standard InChI is InChI=1S/C13H17F2NO/c1-9(11-4-5-11)16-8-10-2-6-12(7-3-10)17-13(14)15/h2-3,6-7,9,11,13,16H,4-5,8H2,1H3. The summed E-state index contributed by atoms with van der Waals surface area (Å²) in [7, 11) is 0. The number of alkyl halides is 2. The Morgan fingerprint density at radius 2 is 1.94 bits per heavy atom. The highest BCUT2D eigenvalue weighted by Gasteiger charge is 2.27. The summed E-state index contributed by atoms with van der Waals surface area (Å²) in [5, 5.41) is 3.43. The quantitative estimate of drug-likeness (QED) is 0.826. The van der Waals surface area contributed by atoms with Gasteiger partial charge in [0.1, 0.15) is 5.75 Å². The number of ether oxygens (including phenoxy) is 1. The maximum atomic E-state index is 11.9. The normalized spacial score (nSPS) is 17.2. The summed E-state index contributed by atoms with van der Waals surface area (Å²) in [5.74, 6) is 1.02. The molecular formula is C13H17F2NO. The van der Waals surface area contributed by atoms with E-state index in [1.54, 1.807) is 12.1 Å². The Balaban J connectivity index is 1.80. The summed E-state index contributed by atoms with van der Waals surface area (Å²) in [6.45, 7) is 0.201. The minimum atomic E-state index is -2.76. The number of halogens is 2. The molecule has 0 heterocycles. The van der Waals surface area contributed by atoms with Crippen molar-refractivity contribution in [1.82, 2.24) is 5.32 Å². The first-order chi connectivity index (χ1) is 8.15. The van der Waals surface area contributed by atoms with E-state index in [-0.39, 0.29) is 5.75 Å². The third-order valence-electron chi connectivity index (χ3n) is 3.11. The van der Waals surface area contributed by atoms with Crippen LogP contribution < -0.4 is 10.1 Å². The molecule has 1 N–H and O–H groups in total. The van der Waals surface area contributed by atoms with Gasteiger partial charge in [-0.2, -0.15) is 8.78 Å². The average molecular weight is 241 g/mol. The van der Waals surface area contributed by atoms with Crippen LogP contribution >= 0.6 is 0 Å². The average Bonchev–Trinajstić information content (AvgIpc) is 3.11. The number of hydrogen-bond acceptors (Lipinski definition) is 2. The predicted octanol–water partition coefficient (Wildman–Crippen LogP) is 3.18. The van der Waals surface area contributed by atoms with E-state index in [9.17, 15) is 8.78 Å². The van der Waals surface area contributed by atoms with E-state index in [1.807, 2.05) is 12.1 Å². The van der Waals surface area contributed by atoms with Crippen molar-refractivity contribution >= 4 is 0 Å². The molecule has 1 atom stereocenters. The zero-order valence-corrected chi connectivity index (χ0v) is 9.83. The van der Waals surface area contributed by atoms with Crippen LogP contribution in [0.15, 0.2) is 24.3 Å². The second kappa shape index (κ2) is 5.45. The molecule has 1 saturated carbocycles. The molecule has 0 saturated heterocycles. The highest BCUT2D eigenvalue weighted by atomic mass is 19.3. The van der Waals surface area contributed by atoms with Crippen LogP contribution in [0.1, 0.15) is 25.3 Å². The summed E-state index contributed by atoms with van der Waals surface area (Å²) in [4.78, 5) is 0. The maximum absolute atomic E-state index is 11.9. The smallest absolute Gasteiger partial charge is 0.387 e. The van der Waals surface area contributed by atoms with E-state index in [1.165, 1.54) is 12.8 Å². The van der Waals surface area contributed by atoms with E-state index < -0.39 is 6.61 Å². The molecule has 2 rings (SSSR count). The van der Waals surface area contributed by atoms with Crippen LogP contribution in [0.4, 0.5) is 8.78 Å². The molecular weight excluding hydrogens is 224 g/mol. The number of nitrogens with one attached hydrogen (secondary N) is 1. The van der Waals surface area contributed by atoms with Crippen LogP contribution in [0.2, 0.25) is 0 Å². The first-order valence-electron chi connectivity index (χ1n) is 5.92. The third-order valence-corrected chi connectivity index (χ3v) is 3.11. The second-order valence-electron chi connectivity index (χ2n) is 4.53. The van der Waals surface area contributed by atoms with E-state index in [2.05, 4.69) is 17.0 Å².